The van der Waals surface area contributed by atoms with Crippen molar-refractivity contribution in [3.8, 4) is 0 Å². The molecule has 0 aromatic heterocycles. The maximum Gasteiger partial charge on any atom is 0.0693 e. The molecule has 17 heavy (non-hydrogen) atoms. The zero-order valence-electron chi connectivity index (χ0n) is 10.7. The van der Waals surface area contributed by atoms with E-state index in [-0.39, 0.29) is 6.10 Å². The van der Waals surface area contributed by atoms with E-state index in [2.05, 4.69) is 36.5 Å². The zero-order valence-corrected chi connectivity index (χ0v) is 10.7. The van der Waals surface area contributed by atoms with Crippen LogP contribution in [0, 0.1) is 6.92 Å². The van der Waals surface area contributed by atoms with E-state index in [9.17, 15) is 5.11 Å². The third kappa shape index (κ3) is 3.83. The smallest absolute Gasteiger partial charge is 0.0693 e. The highest BCUT2D eigenvalue weighted by Gasteiger charge is 2.21. The number of rotatable bonds is 4. The molecule has 1 aromatic rings. The fourth-order valence-corrected chi connectivity index (χ4v) is 2.62. The molecule has 1 aliphatic carbocycles. The molecular formula is C15H23NO. The van der Waals surface area contributed by atoms with Crippen molar-refractivity contribution >= 4 is 0 Å². The molecule has 0 radical (unpaired) electrons. The Hall–Kier alpha value is -0.860. The predicted molar refractivity (Wildman–Crippen MR) is 71.1 cm³/mol. The van der Waals surface area contributed by atoms with Crippen LogP contribution in [-0.2, 0) is 6.42 Å². The van der Waals surface area contributed by atoms with Gasteiger partial charge >= 0.3 is 0 Å². The van der Waals surface area contributed by atoms with Gasteiger partial charge in [0.25, 0.3) is 0 Å². The maximum absolute atomic E-state index is 9.85. The largest absolute Gasteiger partial charge is 0.392 e. The van der Waals surface area contributed by atoms with Crippen LogP contribution < -0.4 is 5.32 Å². The minimum absolute atomic E-state index is 0.138. The Labute approximate surface area is 104 Å². The molecule has 2 rings (SSSR count). The molecule has 0 spiro atoms. The van der Waals surface area contributed by atoms with E-state index in [0.29, 0.717) is 6.04 Å². The first-order valence-corrected chi connectivity index (χ1v) is 6.73. The zero-order chi connectivity index (χ0) is 12.1. The van der Waals surface area contributed by atoms with Crippen molar-refractivity contribution in [3.63, 3.8) is 0 Å². The first-order chi connectivity index (χ1) is 8.25. The Kier molecular flexibility index (Phi) is 4.57. The Morgan fingerprint density at radius 2 is 2.12 bits per heavy atom. The van der Waals surface area contributed by atoms with Crippen molar-refractivity contribution in [2.75, 3.05) is 6.54 Å². The summed E-state index contributed by atoms with van der Waals surface area (Å²) >= 11 is 0. The molecule has 0 saturated heterocycles. The molecule has 2 unspecified atom stereocenters. The molecule has 94 valence electrons. The van der Waals surface area contributed by atoms with Crippen LogP contribution in [0.15, 0.2) is 24.3 Å². The molecule has 0 bridgehead atoms. The molecule has 1 aromatic carbocycles. The molecule has 2 atom stereocenters. The minimum atomic E-state index is -0.138. The van der Waals surface area contributed by atoms with E-state index in [0.717, 1.165) is 25.8 Å². The van der Waals surface area contributed by atoms with E-state index in [1.807, 2.05) is 0 Å². The highest BCUT2D eigenvalue weighted by Crippen LogP contribution is 2.18. The summed E-state index contributed by atoms with van der Waals surface area (Å²) in [4.78, 5) is 0. The van der Waals surface area contributed by atoms with Crippen LogP contribution in [0.4, 0.5) is 0 Å². The molecule has 0 amide bonds. The third-order valence-corrected chi connectivity index (χ3v) is 3.63. The lowest BCUT2D eigenvalue weighted by Gasteiger charge is -2.28. The highest BCUT2D eigenvalue weighted by atomic mass is 16.3. The first kappa shape index (κ1) is 12.6. The quantitative estimate of drug-likeness (QED) is 0.837. The molecule has 2 N–H and O–H groups in total. The summed E-state index contributed by atoms with van der Waals surface area (Å²) in [6.45, 7) is 3.09. The van der Waals surface area contributed by atoms with Gasteiger partial charge in [-0.05, 0) is 38.3 Å². The van der Waals surface area contributed by atoms with Crippen LogP contribution in [-0.4, -0.2) is 23.8 Å². The van der Waals surface area contributed by atoms with Gasteiger partial charge in [-0.25, -0.2) is 0 Å². The number of aliphatic hydroxyl groups excluding tert-OH is 1. The summed E-state index contributed by atoms with van der Waals surface area (Å²) < 4.78 is 0. The van der Waals surface area contributed by atoms with E-state index in [4.69, 9.17) is 0 Å². The van der Waals surface area contributed by atoms with Gasteiger partial charge in [0.15, 0.2) is 0 Å². The van der Waals surface area contributed by atoms with Crippen molar-refractivity contribution in [2.45, 2.75) is 51.2 Å². The van der Waals surface area contributed by atoms with Crippen LogP contribution in [0.1, 0.15) is 36.8 Å². The lowest BCUT2D eigenvalue weighted by molar-refractivity contribution is 0.0914. The minimum Gasteiger partial charge on any atom is -0.392 e. The summed E-state index contributed by atoms with van der Waals surface area (Å²) in [6.07, 6.45) is 5.42. The number of aliphatic hydroxyl groups is 1. The van der Waals surface area contributed by atoms with Crippen LogP contribution in [0.5, 0.6) is 0 Å². The monoisotopic (exact) mass is 233 g/mol. The van der Waals surface area contributed by atoms with Crippen molar-refractivity contribution in [3.05, 3.63) is 35.4 Å². The molecule has 2 heteroatoms. The lowest BCUT2D eigenvalue weighted by atomic mass is 9.92. The third-order valence-electron chi connectivity index (χ3n) is 3.63. The second-order valence-electron chi connectivity index (χ2n) is 5.15. The Morgan fingerprint density at radius 3 is 2.88 bits per heavy atom. The van der Waals surface area contributed by atoms with E-state index in [1.165, 1.54) is 24.0 Å². The molecule has 1 saturated carbocycles. The SMILES string of the molecule is Cc1cccc(CCNC2CCCCC2O)c1. The van der Waals surface area contributed by atoms with Crippen LogP contribution >= 0.6 is 0 Å². The van der Waals surface area contributed by atoms with Gasteiger partial charge < -0.3 is 10.4 Å². The second-order valence-corrected chi connectivity index (χ2v) is 5.15. The predicted octanol–water partition coefficient (Wildman–Crippen LogP) is 2.43. The van der Waals surface area contributed by atoms with Crippen LogP contribution in [0.2, 0.25) is 0 Å². The Balaban J connectivity index is 1.75. The van der Waals surface area contributed by atoms with Crippen LogP contribution in [0.3, 0.4) is 0 Å². The molecule has 2 nitrogen and oxygen atoms in total. The van der Waals surface area contributed by atoms with E-state index in [1.54, 1.807) is 0 Å². The average Bonchev–Trinajstić information content (AvgIpc) is 2.32. The molecule has 0 heterocycles. The van der Waals surface area contributed by atoms with Gasteiger partial charge in [0, 0.05) is 6.04 Å². The van der Waals surface area contributed by atoms with Gasteiger partial charge in [0.2, 0.25) is 0 Å². The van der Waals surface area contributed by atoms with Gasteiger partial charge in [-0.3, -0.25) is 0 Å². The highest BCUT2D eigenvalue weighted by molar-refractivity contribution is 5.22. The summed E-state index contributed by atoms with van der Waals surface area (Å²) in [5.74, 6) is 0. The van der Waals surface area contributed by atoms with E-state index >= 15 is 0 Å². The Bertz CT molecular complexity index is 351. The van der Waals surface area contributed by atoms with E-state index < -0.39 is 0 Å². The number of nitrogens with one attached hydrogen (secondary N) is 1. The molecule has 1 fully saturated rings. The van der Waals surface area contributed by atoms with Gasteiger partial charge in [0.05, 0.1) is 6.10 Å². The van der Waals surface area contributed by atoms with Crippen LogP contribution in [0.25, 0.3) is 0 Å². The van der Waals surface area contributed by atoms with Crippen molar-refractivity contribution in [1.29, 1.82) is 0 Å². The van der Waals surface area contributed by atoms with Crippen molar-refractivity contribution in [2.24, 2.45) is 0 Å². The standard InChI is InChI=1S/C15H23NO/c1-12-5-4-6-13(11-12)9-10-16-14-7-2-3-8-15(14)17/h4-6,11,14-17H,2-3,7-10H2,1H3. The number of hydrogen-bond donors (Lipinski definition) is 2. The molecule has 0 aliphatic heterocycles. The van der Waals surface area contributed by atoms with Gasteiger partial charge in [0.1, 0.15) is 0 Å². The van der Waals surface area contributed by atoms with Gasteiger partial charge in [-0.15, -0.1) is 0 Å². The summed E-state index contributed by atoms with van der Waals surface area (Å²) in [6, 6.07) is 8.96. The lowest BCUT2D eigenvalue weighted by Crippen LogP contribution is -2.42. The average molecular weight is 233 g/mol. The summed E-state index contributed by atoms with van der Waals surface area (Å²) in [5, 5.41) is 13.3. The molecule has 1 aliphatic rings. The molecular weight excluding hydrogens is 210 g/mol. The van der Waals surface area contributed by atoms with Crippen molar-refractivity contribution < 1.29 is 5.11 Å². The number of benzene rings is 1. The fourth-order valence-electron chi connectivity index (χ4n) is 2.62. The summed E-state index contributed by atoms with van der Waals surface area (Å²) in [7, 11) is 0. The normalized spacial score (nSPS) is 24.8. The fraction of sp³-hybridized carbons (Fsp3) is 0.600. The second kappa shape index (κ2) is 6.18. The number of hydrogen-bond acceptors (Lipinski definition) is 2. The topological polar surface area (TPSA) is 32.3 Å². The first-order valence-electron chi connectivity index (χ1n) is 6.73. The number of aryl methyl sites for hydroxylation is 1. The summed E-state index contributed by atoms with van der Waals surface area (Å²) in [5.41, 5.74) is 2.70. The van der Waals surface area contributed by atoms with Crippen molar-refractivity contribution in [1.82, 2.24) is 5.32 Å². The maximum atomic E-state index is 9.85. The van der Waals surface area contributed by atoms with Gasteiger partial charge in [-0.2, -0.15) is 0 Å². The van der Waals surface area contributed by atoms with Gasteiger partial charge in [-0.1, -0.05) is 42.7 Å². The Morgan fingerprint density at radius 1 is 1.29 bits per heavy atom.